The lowest BCUT2D eigenvalue weighted by molar-refractivity contribution is 0.156. The highest BCUT2D eigenvalue weighted by molar-refractivity contribution is 5.71. The second-order valence-corrected chi connectivity index (χ2v) is 12.7. The van der Waals surface area contributed by atoms with Crippen LogP contribution in [0.3, 0.4) is 0 Å². The lowest BCUT2D eigenvalue weighted by Gasteiger charge is -2.38. The van der Waals surface area contributed by atoms with Crippen molar-refractivity contribution in [2.45, 2.75) is 96.3 Å². The van der Waals surface area contributed by atoms with Gasteiger partial charge in [0.2, 0.25) is 0 Å². The molecule has 5 rings (SSSR count). The van der Waals surface area contributed by atoms with Crippen LogP contribution in [0.15, 0.2) is 61.2 Å². The monoisotopic (exact) mass is 576 g/mol. The maximum atomic E-state index is 15.4. The molecule has 0 atom stereocenters. The summed E-state index contributed by atoms with van der Waals surface area (Å²) in [5, 5.41) is 0. The Hall–Kier alpha value is -2.88. The molecule has 0 saturated heterocycles. The molecule has 0 aliphatic heterocycles. The second-order valence-electron chi connectivity index (χ2n) is 12.7. The van der Waals surface area contributed by atoms with Crippen molar-refractivity contribution in [2.24, 2.45) is 17.8 Å². The zero-order valence-electron chi connectivity index (χ0n) is 24.9. The lowest BCUT2D eigenvalue weighted by atomic mass is 9.68. The minimum absolute atomic E-state index is 0.0567. The van der Waals surface area contributed by atoms with Crippen molar-refractivity contribution >= 4 is 0 Å². The molecule has 0 heterocycles. The Labute approximate surface area is 249 Å². The van der Waals surface area contributed by atoms with Gasteiger partial charge in [0, 0.05) is 11.1 Å². The summed E-state index contributed by atoms with van der Waals surface area (Å²) in [6.07, 6.45) is 15.7. The zero-order valence-corrected chi connectivity index (χ0v) is 24.9. The molecule has 0 nitrogen and oxygen atoms in total. The van der Waals surface area contributed by atoms with E-state index in [-0.39, 0.29) is 17.0 Å². The predicted octanol–water partition coefficient (Wildman–Crippen LogP) is 12.0. The first-order chi connectivity index (χ1) is 20.4. The maximum Gasteiger partial charge on any atom is 0.166 e. The van der Waals surface area contributed by atoms with Crippen molar-refractivity contribution in [1.82, 2.24) is 0 Å². The number of rotatable bonds is 10. The van der Waals surface area contributed by atoms with Crippen molar-refractivity contribution in [3.05, 3.63) is 95.6 Å². The summed E-state index contributed by atoms with van der Waals surface area (Å²) < 4.78 is 60.4. The summed E-state index contributed by atoms with van der Waals surface area (Å²) in [6, 6.07) is 13.2. The fourth-order valence-electron chi connectivity index (χ4n) is 7.63. The van der Waals surface area contributed by atoms with E-state index >= 15 is 8.78 Å². The van der Waals surface area contributed by atoms with Gasteiger partial charge >= 0.3 is 0 Å². The zero-order chi connectivity index (χ0) is 29.6. The third-order valence-corrected chi connectivity index (χ3v) is 10.1. The highest BCUT2D eigenvalue weighted by Crippen LogP contribution is 2.45. The highest BCUT2D eigenvalue weighted by atomic mass is 19.2. The molecule has 224 valence electrons. The quantitative estimate of drug-likeness (QED) is 0.128. The van der Waals surface area contributed by atoms with Crippen molar-refractivity contribution in [3.63, 3.8) is 0 Å². The standard InChI is InChI=1S/C38H44F4/c1-3-5-6-8-31-21-22-32(36(40)35(31)39)29-17-19-30(20-18-29)34-24-23-33(37(41)38(34)42)28-15-13-27(14-16-28)26-11-9-25(7-4-2)10-12-26/h3,17-28H,1,4-16H2,2H3. The number of allylic oxidation sites excluding steroid dienone is 1. The molecule has 0 spiro atoms. The third kappa shape index (κ3) is 6.68. The Morgan fingerprint density at radius 1 is 0.667 bits per heavy atom. The Morgan fingerprint density at radius 2 is 1.21 bits per heavy atom. The van der Waals surface area contributed by atoms with E-state index in [1.165, 1.54) is 38.5 Å². The number of aryl methyl sites for hydroxylation is 1. The van der Waals surface area contributed by atoms with Gasteiger partial charge in [-0.3, -0.25) is 0 Å². The molecule has 3 aromatic carbocycles. The molecule has 0 radical (unpaired) electrons. The molecular formula is C38H44F4. The van der Waals surface area contributed by atoms with Crippen LogP contribution in [0, 0.1) is 41.0 Å². The van der Waals surface area contributed by atoms with Gasteiger partial charge in [0.05, 0.1) is 0 Å². The van der Waals surface area contributed by atoms with Crippen LogP contribution < -0.4 is 0 Å². The first-order valence-electron chi connectivity index (χ1n) is 16.1. The van der Waals surface area contributed by atoms with Crippen LogP contribution in [0.1, 0.15) is 101 Å². The van der Waals surface area contributed by atoms with E-state index in [2.05, 4.69) is 13.5 Å². The molecule has 0 bridgehead atoms. The minimum atomic E-state index is -0.890. The summed E-state index contributed by atoms with van der Waals surface area (Å²) in [7, 11) is 0. The topological polar surface area (TPSA) is 0 Å². The van der Waals surface area contributed by atoms with Crippen molar-refractivity contribution in [2.75, 3.05) is 0 Å². The summed E-state index contributed by atoms with van der Waals surface area (Å²) in [4.78, 5) is 0. The lowest BCUT2D eigenvalue weighted by Crippen LogP contribution is -2.25. The van der Waals surface area contributed by atoms with Gasteiger partial charge in [-0.2, -0.15) is 0 Å². The van der Waals surface area contributed by atoms with Crippen LogP contribution >= 0.6 is 0 Å². The van der Waals surface area contributed by atoms with Gasteiger partial charge in [0.25, 0.3) is 0 Å². The van der Waals surface area contributed by atoms with E-state index in [9.17, 15) is 8.78 Å². The van der Waals surface area contributed by atoms with Gasteiger partial charge in [-0.05, 0) is 104 Å². The van der Waals surface area contributed by atoms with Crippen molar-refractivity contribution < 1.29 is 17.6 Å². The van der Waals surface area contributed by atoms with E-state index in [0.717, 1.165) is 49.9 Å². The van der Waals surface area contributed by atoms with E-state index < -0.39 is 23.3 Å². The summed E-state index contributed by atoms with van der Waals surface area (Å²) in [5.41, 5.74) is 2.16. The van der Waals surface area contributed by atoms with Gasteiger partial charge in [-0.15, -0.1) is 6.58 Å². The van der Waals surface area contributed by atoms with Crippen LogP contribution in [0.4, 0.5) is 17.6 Å². The SMILES string of the molecule is C=CCCCc1ccc(-c2ccc(-c3ccc(C4CCC(C5CCC(CCC)CC5)CC4)c(F)c3F)cc2)c(F)c1F. The molecular weight excluding hydrogens is 532 g/mol. The summed E-state index contributed by atoms with van der Waals surface area (Å²) in [6.45, 7) is 5.94. The minimum Gasteiger partial charge on any atom is -0.203 e. The molecule has 0 amide bonds. The fraction of sp³-hybridized carbons (Fsp3) is 0.474. The first kappa shape index (κ1) is 30.6. The second kappa shape index (κ2) is 14.1. The Morgan fingerprint density at radius 3 is 1.79 bits per heavy atom. The molecule has 0 N–H and O–H groups in total. The smallest absolute Gasteiger partial charge is 0.166 e. The Balaban J connectivity index is 1.24. The molecule has 42 heavy (non-hydrogen) atoms. The molecule has 2 aliphatic carbocycles. The summed E-state index contributed by atoms with van der Waals surface area (Å²) >= 11 is 0. The van der Waals surface area contributed by atoms with Crippen LogP contribution in [-0.2, 0) is 6.42 Å². The van der Waals surface area contributed by atoms with Gasteiger partial charge in [-0.1, -0.05) is 87.2 Å². The number of benzene rings is 3. The molecule has 2 saturated carbocycles. The van der Waals surface area contributed by atoms with Gasteiger partial charge < -0.3 is 0 Å². The molecule has 2 aliphatic rings. The number of hydrogen-bond donors (Lipinski definition) is 0. The molecule has 2 fully saturated rings. The third-order valence-electron chi connectivity index (χ3n) is 10.1. The van der Waals surface area contributed by atoms with Crippen LogP contribution in [0.5, 0.6) is 0 Å². The predicted molar refractivity (Wildman–Crippen MR) is 165 cm³/mol. The van der Waals surface area contributed by atoms with Crippen LogP contribution in [0.2, 0.25) is 0 Å². The maximum absolute atomic E-state index is 15.4. The average molecular weight is 577 g/mol. The summed E-state index contributed by atoms with van der Waals surface area (Å²) in [5.74, 6) is -0.823. The normalized spacial score (nSPS) is 22.7. The van der Waals surface area contributed by atoms with E-state index in [1.807, 2.05) is 0 Å². The Kier molecular flexibility index (Phi) is 10.2. The molecule has 0 unspecified atom stereocenters. The average Bonchev–Trinajstić information content (AvgIpc) is 3.02. The largest absolute Gasteiger partial charge is 0.203 e. The van der Waals surface area contributed by atoms with Crippen molar-refractivity contribution in [1.29, 1.82) is 0 Å². The van der Waals surface area contributed by atoms with Crippen LogP contribution in [-0.4, -0.2) is 0 Å². The van der Waals surface area contributed by atoms with Crippen LogP contribution in [0.25, 0.3) is 22.3 Å². The Bertz CT molecular complexity index is 1340. The number of hydrogen-bond acceptors (Lipinski definition) is 0. The number of unbranched alkanes of at least 4 members (excludes halogenated alkanes) is 1. The van der Waals surface area contributed by atoms with Crippen molar-refractivity contribution in [3.8, 4) is 22.3 Å². The van der Waals surface area contributed by atoms with E-state index in [4.69, 9.17) is 0 Å². The van der Waals surface area contributed by atoms with Gasteiger partial charge in [-0.25, -0.2) is 17.6 Å². The molecule has 0 aromatic heterocycles. The number of halogens is 4. The van der Waals surface area contributed by atoms with E-state index in [1.54, 1.807) is 54.6 Å². The molecule has 4 heteroatoms. The fourth-order valence-corrected chi connectivity index (χ4v) is 7.63. The highest BCUT2D eigenvalue weighted by Gasteiger charge is 2.32. The van der Waals surface area contributed by atoms with Gasteiger partial charge in [0.15, 0.2) is 23.3 Å². The molecule has 3 aromatic rings. The van der Waals surface area contributed by atoms with E-state index in [0.29, 0.717) is 35.1 Å². The van der Waals surface area contributed by atoms with Gasteiger partial charge in [0.1, 0.15) is 0 Å². The first-order valence-corrected chi connectivity index (χ1v) is 16.1.